The molecule has 172 valence electrons. The van der Waals surface area contributed by atoms with Crippen LogP contribution in [0.5, 0.6) is 0 Å². The second kappa shape index (κ2) is 9.84. The number of pyridine rings is 1. The maximum atomic E-state index is 12.8. The van der Waals surface area contributed by atoms with Crippen LogP contribution in [0.3, 0.4) is 0 Å². The van der Waals surface area contributed by atoms with E-state index in [1.807, 2.05) is 30.3 Å². The molecule has 34 heavy (non-hydrogen) atoms. The summed E-state index contributed by atoms with van der Waals surface area (Å²) >= 11 is 5.93. The number of carbonyl (C=O) groups is 4. The van der Waals surface area contributed by atoms with Crippen molar-refractivity contribution in [1.29, 1.82) is 0 Å². The summed E-state index contributed by atoms with van der Waals surface area (Å²) in [4.78, 5) is 55.5. The fourth-order valence-electron chi connectivity index (χ4n) is 3.50. The highest BCUT2D eigenvalue weighted by atomic mass is 35.5. The van der Waals surface area contributed by atoms with E-state index in [1.165, 1.54) is 36.2 Å². The molecule has 1 atom stereocenters. The number of amides is 3. The number of nitrogens with one attached hydrogen (secondary N) is 1. The van der Waals surface area contributed by atoms with Crippen LogP contribution in [0.15, 0.2) is 66.9 Å². The lowest BCUT2D eigenvalue weighted by Crippen LogP contribution is -2.31. The van der Waals surface area contributed by atoms with E-state index in [4.69, 9.17) is 16.3 Å². The Bertz CT molecular complexity index is 1280. The second-order valence-electron chi connectivity index (χ2n) is 7.64. The Hall–Kier alpha value is -4.04. The fraction of sp³-hybridized carbons (Fsp3) is 0.160. The van der Waals surface area contributed by atoms with Crippen LogP contribution in [0.4, 0.5) is 5.69 Å². The molecule has 0 aliphatic carbocycles. The standard InChI is InChI=1S/C25H20ClN3O5/c1-15(22(30)28-20-8-5-12-27-21(20)26)34-25(33)17-9-10-18-19(14-17)24(32)29(23(18)31)13-11-16-6-3-2-4-7-16/h2-10,12,14-15H,11,13H2,1H3,(H,28,30). The van der Waals surface area contributed by atoms with Crippen molar-refractivity contribution in [3.05, 3.63) is 94.3 Å². The van der Waals surface area contributed by atoms with Gasteiger partial charge in [-0.05, 0) is 49.2 Å². The first-order valence-corrected chi connectivity index (χ1v) is 10.9. The van der Waals surface area contributed by atoms with Crippen molar-refractivity contribution in [2.24, 2.45) is 0 Å². The van der Waals surface area contributed by atoms with Gasteiger partial charge in [-0.15, -0.1) is 0 Å². The number of hydrogen-bond donors (Lipinski definition) is 1. The Morgan fingerprint density at radius 2 is 1.76 bits per heavy atom. The number of esters is 1. The van der Waals surface area contributed by atoms with Crippen LogP contribution in [-0.2, 0) is 16.0 Å². The monoisotopic (exact) mass is 477 g/mol. The van der Waals surface area contributed by atoms with E-state index in [2.05, 4.69) is 10.3 Å². The molecular weight excluding hydrogens is 458 g/mol. The SMILES string of the molecule is CC(OC(=O)c1ccc2c(c1)C(=O)N(CCc1ccccc1)C2=O)C(=O)Nc1cccnc1Cl. The smallest absolute Gasteiger partial charge is 0.338 e. The van der Waals surface area contributed by atoms with Crippen molar-refractivity contribution in [2.75, 3.05) is 11.9 Å². The molecule has 0 fully saturated rings. The minimum atomic E-state index is -1.14. The van der Waals surface area contributed by atoms with Crippen LogP contribution in [0.25, 0.3) is 0 Å². The zero-order valence-corrected chi connectivity index (χ0v) is 18.9. The van der Waals surface area contributed by atoms with Gasteiger partial charge in [-0.25, -0.2) is 9.78 Å². The summed E-state index contributed by atoms with van der Waals surface area (Å²) in [6.45, 7) is 1.63. The van der Waals surface area contributed by atoms with Crippen molar-refractivity contribution >= 4 is 41.0 Å². The summed E-state index contributed by atoms with van der Waals surface area (Å²) in [5.74, 6) is -2.27. The molecule has 0 saturated carbocycles. The van der Waals surface area contributed by atoms with Crippen molar-refractivity contribution in [3.63, 3.8) is 0 Å². The van der Waals surface area contributed by atoms with E-state index in [-0.39, 0.29) is 34.1 Å². The normalized spacial score (nSPS) is 13.4. The summed E-state index contributed by atoms with van der Waals surface area (Å²) in [7, 11) is 0. The van der Waals surface area contributed by atoms with Crippen LogP contribution in [0.2, 0.25) is 5.15 Å². The van der Waals surface area contributed by atoms with Crippen molar-refractivity contribution in [1.82, 2.24) is 9.88 Å². The van der Waals surface area contributed by atoms with Gasteiger partial charge in [0.05, 0.1) is 22.4 Å². The lowest BCUT2D eigenvalue weighted by molar-refractivity contribution is -0.123. The molecular formula is C25H20ClN3O5. The zero-order valence-electron chi connectivity index (χ0n) is 18.2. The molecule has 8 nitrogen and oxygen atoms in total. The summed E-state index contributed by atoms with van der Waals surface area (Å²) in [5.41, 5.74) is 1.71. The van der Waals surface area contributed by atoms with E-state index in [1.54, 1.807) is 12.1 Å². The minimum absolute atomic E-state index is 0.0591. The number of carbonyl (C=O) groups excluding carboxylic acids is 4. The van der Waals surface area contributed by atoms with Crippen molar-refractivity contribution in [3.8, 4) is 0 Å². The largest absolute Gasteiger partial charge is 0.449 e. The molecule has 3 amide bonds. The molecule has 0 saturated heterocycles. The number of hydrogen-bond acceptors (Lipinski definition) is 6. The summed E-state index contributed by atoms with van der Waals surface area (Å²) in [5, 5.41) is 2.64. The van der Waals surface area contributed by atoms with Crippen LogP contribution >= 0.6 is 11.6 Å². The van der Waals surface area contributed by atoms with E-state index in [9.17, 15) is 19.2 Å². The number of nitrogens with zero attached hydrogens (tertiary/aromatic N) is 2. The highest BCUT2D eigenvalue weighted by molar-refractivity contribution is 6.32. The van der Waals surface area contributed by atoms with Crippen LogP contribution in [0, 0.1) is 0 Å². The second-order valence-corrected chi connectivity index (χ2v) is 7.99. The number of ether oxygens (including phenoxy) is 1. The molecule has 2 heterocycles. The Kier molecular flexibility index (Phi) is 6.70. The van der Waals surface area contributed by atoms with Crippen molar-refractivity contribution in [2.45, 2.75) is 19.4 Å². The summed E-state index contributed by atoms with van der Waals surface area (Å²) < 4.78 is 5.24. The molecule has 1 aromatic heterocycles. The predicted molar refractivity (Wildman–Crippen MR) is 125 cm³/mol. The maximum absolute atomic E-state index is 12.8. The van der Waals surface area contributed by atoms with E-state index in [0.29, 0.717) is 6.42 Å². The van der Waals surface area contributed by atoms with Gasteiger partial charge in [0.25, 0.3) is 17.7 Å². The summed E-state index contributed by atoms with van der Waals surface area (Å²) in [6, 6.07) is 16.8. The Morgan fingerprint density at radius 1 is 1.03 bits per heavy atom. The van der Waals surface area contributed by atoms with Gasteiger partial charge in [0.1, 0.15) is 0 Å². The highest BCUT2D eigenvalue weighted by Crippen LogP contribution is 2.25. The van der Waals surface area contributed by atoms with Crippen LogP contribution in [0.1, 0.15) is 43.6 Å². The van der Waals surface area contributed by atoms with Crippen LogP contribution < -0.4 is 5.32 Å². The highest BCUT2D eigenvalue weighted by Gasteiger charge is 2.36. The molecule has 4 rings (SSSR count). The first-order valence-electron chi connectivity index (χ1n) is 10.5. The van der Waals surface area contributed by atoms with Gasteiger partial charge >= 0.3 is 5.97 Å². The molecule has 0 spiro atoms. The van der Waals surface area contributed by atoms with E-state index >= 15 is 0 Å². The first-order chi connectivity index (χ1) is 16.3. The molecule has 0 radical (unpaired) electrons. The number of halogens is 1. The molecule has 3 aromatic rings. The first kappa shape index (κ1) is 23.1. The molecule has 1 unspecified atom stereocenters. The predicted octanol–water partition coefficient (Wildman–Crippen LogP) is 3.76. The molecule has 2 aromatic carbocycles. The average molecular weight is 478 g/mol. The Labute approximate surface area is 200 Å². The number of imide groups is 1. The van der Waals surface area contributed by atoms with Crippen molar-refractivity contribution < 1.29 is 23.9 Å². The lowest BCUT2D eigenvalue weighted by atomic mass is 10.1. The maximum Gasteiger partial charge on any atom is 0.338 e. The third-order valence-electron chi connectivity index (χ3n) is 5.34. The van der Waals surface area contributed by atoms with Gasteiger partial charge < -0.3 is 10.1 Å². The van der Waals surface area contributed by atoms with Gasteiger partial charge in [-0.1, -0.05) is 41.9 Å². The molecule has 1 aliphatic heterocycles. The van der Waals surface area contributed by atoms with Gasteiger partial charge in [0, 0.05) is 12.7 Å². The number of fused-ring (bicyclic) bond motifs is 1. The topological polar surface area (TPSA) is 106 Å². The number of aromatic nitrogens is 1. The summed E-state index contributed by atoms with van der Waals surface area (Å²) in [6.07, 6.45) is 0.857. The zero-order chi connectivity index (χ0) is 24.2. The van der Waals surface area contributed by atoms with Gasteiger partial charge in [0.2, 0.25) is 0 Å². The van der Waals surface area contributed by atoms with E-state index < -0.39 is 29.8 Å². The van der Waals surface area contributed by atoms with E-state index in [0.717, 1.165) is 5.56 Å². The molecule has 0 bridgehead atoms. The average Bonchev–Trinajstić information content (AvgIpc) is 3.08. The molecule has 1 aliphatic rings. The number of benzene rings is 2. The Balaban J connectivity index is 1.42. The minimum Gasteiger partial charge on any atom is -0.449 e. The van der Waals surface area contributed by atoms with Gasteiger partial charge in [-0.3, -0.25) is 19.3 Å². The Morgan fingerprint density at radius 3 is 2.50 bits per heavy atom. The van der Waals surface area contributed by atoms with Gasteiger partial charge in [0.15, 0.2) is 11.3 Å². The molecule has 9 heteroatoms. The lowest BCUT2D eigenvalue weighted by Gasteiger charge is -2.14. The third-order valence-corrected chi connectivity index (χ3v) is 5.64. The fourth-order valence-corrected chi connectivity index (χ4v) is 3.67. The third kappa shape index (κ3) is 4.82. The quantitative estimate of drug-likeness (QED) is 0.315. The van der Waals surface area contributed by atoms with Crippen LogP contribution in [-0.4, -0.2) is 46.2 Å². The number of rotatable bonds is 7. The number of anilines is 1. The molecule has 1 N–H and O–H groups in total. The van der Waals surface area contributed by atoms with Gasteiger partial charge in [-0.2, -0.15) is 0 Å².